The van der Waals surface area contributed by atoms with Gasteiger partial charge in [0.15, 0.2) is 5.69 Å². The van der Waals surface area contributed by atoms with Crippen molar-refractivity contribution in [2.24, 2.45) is 5.10 Å². The molecule has 146 valence electrons. The first kappa shape index (κ1) is 18.4. The number of hydrogen-bond donors (Lipinski definition) is 0. The first-order valence-corrected chi connectivity index (χ1v) is 8.95. The Hall–Kier alpha value is -4.01. The molecular weight excluding hydrogens is 374 g/mol. The number of para-hydroxylation sites is 2. The summed E-state index contributed by atoms with van der Waals surface area (Å²) in [5, 5.41) is 15.3. The minimum absolute atomic E-state index is 0.0129. The van der Waals surface area contributed by atoms with Crippen molar-refractivity contribution in [2.75, 3.05) is 6.61 Å². The van der Waals surface area contributed by atoms with Gasteiger partial charge in [-0.3, -0.25) is 14.5 Å². The number of carbonyl (C=O) groups is 1. The smallest absolute Gasteiger partial charge is 0.357 e. The Kier molecular flexibility index (Phi) is 4.55. The molecule has 0 aliphatic heterocycles. The number of imidazole rings is 2. The fourth-order valence-electron chi connectivity index (χ4n) is 3.18. The van der Waals surface area contributed by atoms with Crippen LogP contribution in [0.2, 0.25) is 0 Å². The molecule has 0 spiro atoms. The molecule has 2 aromatic heterocycles. The monoisotopic (exact) mass is 391 g/mol. The van der Waals surface area contributed by atoms with Gasteiger partial charge in [0.25, 0.3) is 5.69 Å². The summed E-state index contributed by atoms with van der Waals surface area (Å²) in [6.45, 7) is 3.77. The molecule has 29 heavy (non-hydrogen) atoms. The molecule has 0 saturated carbocycles. The van der Waals surface area contributed by atoms with Crippen LogP contribution in [0.5, 0.6) is 0 Å². The number of rotatable bonds is 5. The number of ether oxygens (including phenoxy) is 1. The van der Waals surface area contributed by atoms with Crippen molar-refractivity contribution >= 4 is 34.7 Å². The maximum atomic E-state index is 12.5. The average Bonchev–Trinajstić information content (AvgIpc) is 3.20. The Bertz CT molecular complexity index is 1270. The second-order valence-corrected chi connectivity index (χ2v) is 6.30. The van der Waals surface area contributed by atoms with E-state index >= 15 is 0 Å². The molecule has 0 N–H and O–H groups in total. The van der Waals surface area contributed by atoms with E-state index in [1.165, 1.54) is 12.1 Å². The van der Waals surface area contributed by atoms with Crippen molar-refractivity contribution < 1.29 is 14.5 Å². The zero-order chi connectivity index (χ0) is 20.5. The molecule has 0 atom stereocenters. The van der Waals surface area contributed by atoms with E-state index in [1.54, 1.807) is 41.3 Å². The van der Waals surface area contributed by atoms with Crippen LogP contribution in [-0.4, -0.2) is 37.8 Å². The number of aryl methyl sites for hydroxylation is 1. The summed E-state index contributed by atoms with van der Waals surface area (Å²) in [5.41, 5.74) is 3.15. The Morgan fingerprint density at radius 3 is 2.55 bits per heavy atom. The highest BCUT2D eigenvalue weighted by molar-refractivity contribution is 5.94. The van der Waals surface area contributed by atoms with Crippen LogP contribution in [-0.2, 0) is 4.74 Å². The zero-order valence-corrected chi connectivity index (χ0v) is 15.8. The third-order valence-corrected chi connectivity index (χ3v) is 4.47. The molecule has 0 bridgehead atoms. The maximum absolute atomic E-state index is 12.5. The number of fused-ring (bicyclic) bond motifs is 3. The average molecular weight is 391 g/mol. The number of nitro groups is 1. The maximum Gasteiger partial charge on any atom is 0.357 e. The summed E-state index contributed by atoms with van der Waals surface area (Å²) in [6, 6.07) is 13.6. The highest BCUT2D eigenvalue weighted by Crippen LogP contribution is 2.25. The van der Waals surface area contributed by atoms with Gasteiger partial charge in [0.2, 0.25) is 5.78 Å². The lowest BCUT2D eigenvalue weighted by Gasteiger charge is -2.01. The van der Waals surface area contributed by atoms with E-state index in [9.17, 15) is 14.9 Å². The standard InChI is InChI=1S/C20H17N5O4/c1-3-29-19(26)18-13(2)22-20-23(18)16-6-4-5-7-17(16)24(20)21-12-14-8-10-15(11-9-14)25(27)28/h4-12H,3H2,1-2H3/b21-12-. The topological polar surface area (TPSA) is 104 Å². The largest absolute Gasteiger partial charge is 0.461 e. The summed E-state index contributed by atoms with van der Waals surface area (Å²) in [7, 11) is 0. The third kappa shape index (κ3) is 3.12. The zero-order valence-electron chi connectivity index (χ0n) is 15.8. The van der Waals surface area contributed by atoms with Gasteiger partial charge in [-0.1, -0.05) is 12.1 Å². The van der Waals surface area contributed by atoms with E-state index in [2.05, 4.69) is 10.1 Å². The Morgan fingerprint density at radius 1 is 1.21 bits per heavy atom. The van der Waals surface area contributed by atoms with Crippen LogP contribution < -0.4 is 0 Å². The van der Waals surface area contributed by atoms with Crippen LogP contribution in [0.15, 0.2) is 53.6 Å². The number of nitrogens with zero attached hydrogens (tertiary/aromatic N) is 5. The number of esters is 1. The van der Waals surface area contributed by atoms with Gasteiger partial charge in [0.05, 0.1) is 34.5 Å². The number of nitro benzene ring substituents is 1. The van der Waals surface area contributed by atoms with E-state index in [0.29, 0.717) is 22.7 Å². The van der Waals surface area contributed by atoms with Gasteiger partial charge in [0.1, 0.15) is 0 Å². The summed E-state index contributed by atoms with van der Waals surface area (Å²) in [5.74, 6) is 0.0321. The van der Waals surface area contributed by atoms with Gasteiger partial charge >= 0.3 is 5.97 Å². The van der Waals surface area contributed by atoms with Crippen molar-refractivity contribution in [3.05, 3.63) is 75.6 Å². The molecule has 0 saturated heterocycles. The summed E-state index contributed by atoms with van der Waals surface area (Å²) in [6.07, 6.45) is 1.59. The van der Waals surface area contributed by atoms with Crippen LogP contribution >= 0.6 is 0 Å². The Morgan fingerprint density at radius 2 is 1.90 bits per heavy atom. The minimum Gasteiger partial charge on any atom is -0.461 e. The number of carbonyl (C=O) groups excluding carboxylic acids is 1. The van der Waals surface area contributed by atoms with Crippen molar-refractivity contribution in [1.82, 2.24) is 14.1 Å². The lowest BCUT2D eigenvalue weighted by atomic mass is 10.2. The molecule has 0 fully saturated rings. The number of non-ortho nitro benzene ring substituents is 1. The normalized spacial score (nSPS) is 11.5. The van der Waals surface area contributed by atoms with Crippen molar-refractivity contribution in [3.63, 3.8) is 0 Å². The third-order valence-electron chi connectivity index (χ3n) is 4.47. The molecule has 0 unspecified atom stereocenters. The summed E-state index contributed by atoms with van der Waals surface area (Å²) in [4.78, 5) is 27.4. The minimum atomic E-state index is -0.450. The lowest BCUT2D eigenvalue weighted by Crippen LogP contribution is -2.09. The first-order chi connectivity index (χ1) is 14.0. The van der Waals surface area contributed by atoms with Gasteiger partial charge in [-0.25, -0.2) is 9.78 Å². The molecule has 2 heterocycles. The fourth-order valence-corrected chi connectivity index (χ4v) is 3.18. The van der Waals surface area contributed by atoms with Crippen molar-refractivity contribution in [2.45, 2.75) is 13.8 Å². The SMILES string of the molecule is CCOC(=O)c1c(C)nc2n(/N=C\c3ccc([N+](=O)[O-])cc3)c3ccccc3n12. The van der Waals surface area contributed by atoms with Crippen LogP contribution in [0.25, 0.3) is 16.8 Å². The van der Waals surface area contributed by atoms with E-state index in [-0.39, 0.29) is 12.3 Å². The molecular formula is C20H17N5O4. The Labute approximate surface area is 165 Å². The number of benzene rings is 2. The van der Waals surface area contributed by atoms with Gasteiger partial charge in [-0.2, -0.15) is 9.78 Å². The molecule has 9 nitrogen and oxygen atoms in total. The van der Waals surface area contributed by atoms with Gasteiger partial charge in [-0.05, 0) is 43.7 Å². The second kappa shape index (κ2) is 7.19. The molecule has 0 amide bonds. The van der Waals surface area contributed by atoms with E-state index in [4.69, 9.17) is 4.74 Å². The van der Waals surface area contributed by atoms with E-state index in [0.717, 1.165) is 11.0 Å². The van der Waals surface area contributed by atoms with Crippen LogP contribution in [0.1, 0.15) is 28.7 Å². The number of hydrogen-bond acceptors (Lipinski definition) is 6. The molecule has 4 rings (SSSR count). The predicted octanol–water partition coefficient (Wildman–Crippen LogP) is 3.56. The molecule has 9 heteroatoms. The van der Waals surface area contributed by atoms with Gasteiger partial charge < -0.3 is 4.74 Å². The molecule has 0 radical (unpaired) electrons. The molecule has 4 aromatic rings. The van der Waals surface area contributed by atoms with Crippen LogP contribution in [0, 0.1) is 17.0 Å². The highest BCUT2D eigenvalue weighted by Gasteiger charge is 2.23. The molecule has 0 aliphatic carbocycles. The van der Waals surface area contributed by atoms with Gasteiger partial charge in [0, 0.05) is 12.1 Å². The second-order valence-electron chi connectivity index (χ2n) is 6.30. The Balaban J connectivity index is 1.86. The highest BCUT2D eigenvalue weighted by atomic mass is 16.6. The fraction of sp³-hybridized carbons (Fsp3) is 0.150. The summed E-state index contributed by atoms with van der Waals surface area (Å²) >= 11 is 0. The predicted molar refractivity (Wildman–Crippen MR) is 107 cm³/mol. The van der Waals surface area contributed by atoms with Crippen molar-refractivity contribution in [3.8, 4) is 0 Å². The van der Waals surface area contributed by atoms with Gasteiger partial charge in [-0.15, -0.1) is 0 Å². The van der Waals surface area contributed by atoms with E-state index < -0.39 is 10.9 Å². The lowest BCUT2D eigenvalue weighted by molar-refractivity contribution is -0.384. The van der Waals surface area contributed by atoms with Crippen molar-refractivity contribution in [1.29, 1.82) is 0 Å². The quantitative estimate of drug-likeness (QED) is 0.224. The van der Waals surface area contributed by atoms with Crippen LogP contribution in [0.4, 0.5) is 5.69 Å². The van der Waals surface area contributed by atoms with Crippen LogP contribution in [0.3, 0.4) is 0 Å². The number of aromatic nitrogens is 3. The first-order valence-electron chi connectivity index (χ1n) is 8.95. The molecule has 2 aromatic carbocycles. The van der Waals surface area contributed by atoms with E-state index in [1.807, 2.05) is 24.3 Å². The molecule has 0 aliphatic rings. The summed E-state index contributed by atoms with van der Waals surface area (Å²) < 4.78 is 8.55.